The Balaban J connectivity index is 0.000000380. The molecule has 0 N–H and O–H groups in total. The van der Waals surface area contributed by atoms with Gasteiger partial charge >= 0.3 is 11.9 Å². The Morgan fingerprint density at radius 2 is 0.895 bits per heavy atom. The smallest absolute Gasteiger partial charge is 0.360 e. The Bertz CT molecular complexity index is 957. The molecule has 0 heterocycles. The Labute approximate surface area is 227 Å². The minimum absolute atomic E-state index is 0.191. The molecule has 0 fully saturated rings. The quantitative estimate of drug-likeness (QED) is 0.182. The number of carbonyl (C=O) groups excluding carboxylic acids is 2. The predicted molar refractivity (Wildman–Crippen MR) is 150 cm³/mol. The van der Waals surface area contributed by atoms with Crippen LogP contribution in [-0.2, 0) is 28.7 Å². The van der Waals surface area contributed by atoms with E-state index in [2.05, 4.69) is 10.3 Å². The normalized spacial score (nSPS) is 12.1. The van der Waals surface area contributed by atoms with E-state index in [1.807, 2.05) is 77.9 Å². The predicted octanol–water partition coefficient (Wildman–Crippen LogP) is 6.32. The highest BCUT2D eigenvalue weighted by Gasteiger charge is 2.25. The van der Waals surface area contributed by atoms with Crippen molar-refractivity contribution in [2.24, 2.45) is 10.3 Å². The van der Waals surface area contributed by atoms with Crippen LogP contribution in [0.2, 0.25) is 0 Å². The van der Waals surface area contributed by atoms with Crippen molar-refractivity contribution in [3.63, 3.8) is 0 Å². The van der Waals surface area contributed by atoms with E-state index in [1.165, 1.54) is 14.2 Å². The second-order valence-electron chi connectivity index (χ2n) is 9.09. The van der Waals surface area contributed by atoms with Crippen LogP contribution in [0.3, 0.4) is 0 Å². The number of oxime groups is 2. The van der Waals surface area contributed by atoms with Crippen molar-refractivity contribution in [3.05, 3.63) is 71.8 Å². The van der Waals surface area contributed by atoms with Gasteiger partial charge in [-0.1, -0.05) is 98.7 Å². The highest BCUT2D eigenvalue weighted by molar-refractivity contribution is 6.43. The number of nitrogens with zero attached hydrogens (tertiary/aromatic N) is 2. The number of hydrogen-bond donors (Lipinski definition) is 0. The third kappa shape index (κ3) is 10.00. The van der Waals surface area contributed by atoms with E-state index in [9.17, 15) is 9.59 Å². The van der Waals surface area contributed by atoms with E-state index in [0.29, 0.717) is 11.1 Å². The summed E-state index contributed by atoms with van der Waals surface area (Å²) < 4.78 is 9.50. The van der Waals surface area contributed by atoms with Gasteiger partial charge in [0.05, 0.1) is 14.2 Å². The molecule has 0 aliphatic carbocycles. The Morgan fingerprint density at radius 1 is 0.605 bits per heavy atom. The van der Waals surface area contributed by atoms with Gasteiger partial charge in [-0.3, -0.25) is 0 Å². The molecule has 0 aromatic heterocycles. The van der Waals surface area contributed by atoms with Crippen LogP contribution in [0.4, 0.5) is 0 Å². The number of esters is 2. The number of ether oxygens (including phenoxy) is 2. The number of methoxy groups -OCH3 is 2. The van der Waals surface area contributed by atoms with Gasteiger partial charge in [-0.05, 0) is 39.5 Å². The van der Waals surface area contributed by atoms with Crippen LogP contribution < -0.4 is 0 Å². The third-order valence-corrected chi connectivity index (χ3v) is 6.56. The molecule has 2 aromatic carbocycles. The van der Waals surface area contributed by atoms with E-state index in [4.69, 9.17) is 19.1 Å². The SMILES string of the molecule is CCC(C)(CC)O/N=C(/C(=O)OC)c1ccccc1.CCC(C)(CC)O/N=C(\C(=O)OC)c1ccccc1. The molecule has 0 saturated heterocycles. The topological polar surface area (TPSA) is 95.8 Å². The van der Waals surface area contributed by atoms with Crippen molar-refractivity contribution in [2.45, 2.75) is 78.4 Å². The number of carbonyl (C=O) groups is 2. The van der Waals surface area contributed by atoms with Crippen LogP contribution in [0.5, 0.6) is 0 Å². The molecule has 2 aromatic rings. The molecule has 2 rings (SSSR count). The van der Waals surface area contributed by atoms with Gasteiger partial charge in [0.1, 0.15) is 11.2 Å². The highest BCUT2D eigenvalue weighted by atomic mass is 16.7. The van der Waals surface area contributed by atoms with Gasteiger partial charge in [0.2, 0.25) is 0 Å². The zero-order valence-electron chi connectivity index (χ0n) is 23.9. The maximum atomic E-state index is 11.8. The van der Waals surface area contributed by atoms with Crippen LogP contribution in [0.1, 0.15) is 78.4 Å². The summed E-state index contributed by atoms with van der Waals surface area (Å²) in [6, 6.07) is 18.3. The molecule has 38 heavy (non-hydrogen) atoms. The first kappa shape index (κ1) is 32.3. The summed E-state index contributed by atoms with van der Waals surface area (Å²) in [7, 11) is 2.67. The first-order valence-electron chi connectivity index (χ1n) is 12.9. The van der Waals surface area contributed by atoms with Gasteiger partial charge in [-0.15, -0.1) is 0 Å². The fraction of sp³-hybridized carbons (Fsp3) is 0.467. The van der Waals surface area contributed by atoms with E-state index in [0.717, 1.165) is 25.7 Å². The lowest BCUT2D eigenvalue weighted by Gasteiger charge is -2.24. The minimum Gasteiger partial charge on any atom is -0.464 e. The van der Waals surface area contributed by atoms with E-state index in [-0.39, 0.29) is 22.6 Å². The second kappa shape index (κ2) is 16.2. The Morgan fingerprint density at radius 3 is 1.13 bits per heavy atom. The molecule has 0 atom stereocenters. The van der Waals surface area contributed by atoms with Crippen molar-refractivity contribution >= 4 is 23.4 Å². The Kier molecular flexibility index (Phi) is 13.8. The number of rotatable bonds is 12. The first-order chi connectivity index (χ1) is 18.1. The average molecular weight is 527 g/mol. The lowest BCUT2D eigenvalue weighted by Crippen LogP contribution is -2.26. The van der Waals surface area contributed by atoms with Gasteiger partial charge in [-0.25, -0.2) is 9.59 Å². The molecular weight excluding hydrogens is 484 g/mol. The van der Waals surface area contributed by atoms with Crippen LogP contribution in [0.15, 0.2) is 71.0 Å². The van der Waals surface area contributed by atoms with Gasteiger partial charge in [0.25, 0.3) is 0 Å². The van der Waals surface area contributed by atoms with Gasteiger partial charge < -0.3 is 19.1 Å². The zero-order valence-corrected chi connectivity index (χ0v) is 23.9. The summed E-state index contributed by atoms with van der Waals surface area (Å²) in [5.41, 5.74) is 1.02. The maximum Gasteiger partial charge on any atom is 0.360 e. The average Bonchev–Trinajstić information content (AvgIpc) is 2.98. The summed E-state index contributed by atoms with van der Waals surface area (Å²) in [6.07, 6.45) is 3.26. The van der Waals surface area contributed by atoms with Crippen molar-refractivity contribution in [3.8, 4) is 0 Å². The molecule has 8 nitrogen and oxygen atoms in total. The lowest BCUT2D eigenvalue weighted by molar-refractivity contribution is -0.134. The summed E-state index contributed by atoms with van der Waals surface area (Å²) in [5, 5.41) is 8.04. The van der Waals surface area contributed by atoms with Crippen molar-refractivity contribution in [1.82, 2.24) is 0 Å². The summed E-state index contributed by atoms with van der Waals surface area (Å²) in [5.74, 6) is -0.999. The fourth-order valence-electron chi connectivity index (χ4n) is 2.87. The van der Waals surface area contributed by atoms with Gasteiger partial charge in [0, 0.05) is 11.1 Å². The molecule has 0 saturated carbocycles. The van der Waals surface area contributed by atoms with Crippen molar-refractivity contribution < 1.29 is 28.7 Å². The molecule has 0 bridgehead atoms. The lowest BCUT2D eigenvalue weighted by atomic mass is 10.0. The van der Waals surface area contributed by atoms with Crippen molar-refractivity contribution in [1.29, 1.82) is 0 Å². The minimum atomic E-state index is -0.499. The largest absolute Gasteiger partial charge is 0.464 e. The van der Waals surface area contributed by atoms with Crippen LogP contribution in [0, 0.1) is 0 Å². The van der Waals surface area contributed by atoms with Gasteiger partial charge in [0.15, 0.2) is 11.4 Å². The highest BCUT2D eigenvalue weighted by Crippen LogP contribution is 2.21. The van der Waals surface area contributed by atoms with E-state index < -0.39 is 11.9 Å². The molecule has 0 aliphatic rings. The molecule has 0 unspecified atom stereocenters. The number of hydrogen-bond acceptors (Lipinski definition) is 8. The third-order valence-electron chi connectivity index (χ3n) is 6.56. The molecule has 0 amide bonds. The molecular formula is C30H42N2O6. The fourth-order valence-corrected chi connectivity index (χ4v) is 2.87. The summed E-state index contributed by atoms with van der Waals surface area (Å²) in [6.45, 7) is 12.0. The standard InChI is InChI=1S/2C15H21NO3/c2*1-5-15(3,6-2)19-16-13(14(17)18-4)12-10-8-7-9-11-12/h2*7-11H,5-6H2,1-4H3/b16-13+;16-13-. The molecule has 208 valence electrons. The first-order valence-corrected chi connectivity index (χ1v) is 12.9. The Hall–Kier alpha value is -3.68. The molecule has 0 spiro atoms. The molecule has 0 aliphatic heterocycles. The van der Waals surface area contributed by atoms with Crippen LogP contribution in [-0.4, -0.2) is 48.8 Å². The maximum absolute atomic E-state index is 11.8. The van der Waals surface area contributed by atoms with Crippen LogP contribution in [0.25, 0.3) is 0 Å². The van der Waals surface area contributed by atoms with Crippen LogP contribution >= 0.6 is 0 Å². The zero-order chi connectivity index (χ0) is 28.6. The van der Waals surface area contributed by atoms with Gasteiger partial charge in [-0.2, -0.15) is 0 Å². The monoisotopic (exact) mass is 526 g/mol. The molecule has 8 heteroatoms. The van der Waals surface area contributed by atoms with E-state index in [1.54, 1.807) is 24.3 Å². The summed E-state index contributed by atoms with van der Waals surface area (Å²) in [4.78, 5) is 34.7. The van der Waals surface area contributed by atoms with E-state index >= 15 is 0 Å². The summed E-state index contributed by atoms with van der Waals surface area (Å²) >= 11 is 0. The number of benzene rings is 2. The second-order valence-corrected chi connectivity index (χ2v) is 9.09. The van der Waals surface area contributed by atoms with Crippen molar-refractivity contribution in [2.75, 3.05) is 14.2 Å². The molecule has 0 radical (unpaired) electrons.